The molecule has 23 heavy (non-hydrogen) atoms. The molecule has 0 unspecified atom stereocenters. The lowest BCUT2D eigenvalue weighted by Crippen LogP contribution is -2.31. The van der Waals surface area contributed by atoms with E-state index in [0.29, 0.717) is 5.56 Å². The Morgan fingerprint density at radius 1 is 1.30 bits per heavy atom. The number of aromatic hydroxyl groups is 1. The Kier molecular flexibility index (Phi) is 4.80. The summed E-state index contributed by atoms with van der Waals surface area (Å²) in [5.74, 6) is -1.18. The number of esters is 1. The van der Waals surface area contributed by atoms with E-state index in [4.69, 9.17) is 4.74 Å². The lowest BCUT2D eigenvalue weighted by Gasteiger charge is -2.08. The highest BCUT2D eigenvalue weighted by Gasteiger charge is 2.16. The van der Waals surface area contributed by atoms with Crippen LogP contribution >= 0.6 is 0 Å². The van der Waals surface area contributed by atoms with Gasteiger partial charge in [-0.3, -0.25) is 9.59 Å². The Labute approximate surface area is 132 Å². The van der Waals surface area contributed by atoms with Crippen molar-refractivity contribution in [2.24, 2.45) is 7.05 Å². The maximum Gasteiger partial charge on any atom is 0.339 e. The first kappa shape index (κ1) is 16.3. The number of phenolic OH excluding ortho intramolecular Hbond substituents is 1. The van der Waals surface area contributed by atoms with Gasteiger partial charge in [0.05, 0.1) is 5.56 Å². The number of aromatic nitrogens is 1. The first-order valence-electron chi connectivity index (χ1n) is 6.80. The predicted molar refractivity (Wildman–Crippen MR) is 82.3 cm³/mol. The van der Waals surface area contributed by atoms with Crippen molar-refractivity contribution in [2.75, 3.05) is 7.05 Å². The molecule has 0 atom stereocenters. The summed E-state index contributed by atoms with van der Waals surface area (Å²) in [5.41, 5.74) is 0.0660. The molecular formula is C16H16N2O5. The van der Waals surface area contributed by atoms with E-state index >= 15 is 0 Å². The van der Waals surface area contributed by atoms with Crippen molar-refractivity contribution in [3.05, 3.63) is 63.6 Å². The molecule has 120 valence electrons. The Balaban J connectivity index is 2.21. The maximum atomic E-state index is 12.1. The summed E-state index contributed by atoms with van der Waals surface area (Å²) in [6, 6.07) is 7.52. The number of phenols is 1. The van der Waals surface area contributed by atoms with Crippen LogP contribution in [0.2, 0.25) is 0 Å². The second-order valence-electron chi connectivity index (χ2n) is 4.88. The molecule has 2 aromatic rings. The third-order valence-electron chi connectivity index (χ3n) is 3.17. The van der Waals surface area contributed by atoms with Gasteiger partial charge in [-0.2, -0.15) is 0 Å². The van der Waals surface area contributed by atoms with Crippen LogP contribution in [0.1, 0.15) is 26.3 Å². The van der Waals surface area contributed by atoms with E-state index in [1.54, 1.807) is 12.1 Å². The molecule has 0 saturated heterocycles. The highest BCUT2D eigenvalue weighted by molar-refractivity contribution is 5.97. The summed E-state index contributed by atoms with van der Waals surface area (Å²) >= 11 is 0. The van der Waals surface area contributed by atoms with Gasteiger partial charge < -0.3 is 19.7 Å². The first-order valence-corrected chi connectivity index (χ1v) is 6.80. The molecule has 0 spiro atoms. The molecule has 1 amide bonds. The largest absolute Gasteiger partial charge is 0.508 e. The molecule has 0 aliphatic carbocycles. The van der Waals surface area contributed by atoms with E-state index in [1.807, 2.05) is 0 Å². The van der Waals surface area contributed by atoms with Crippen LogP contribution in [0.5, 0.6) is 5.75 Å². The molecule has 2 rings (SSSR count). The van der Waals surface area contributed by atoms with Crippen molar-refractivity contribution in [1.82, 2.24) is 9.88 Å². The van der Waals surface area contributed by atoms with E-state index in [9.17, 15) is 19.5 Å². The number of nitrogens with zero attached hydrogens (tertiary/aromatic N) is 1. The summed E-state index contributed by atoms with van der Waals surface area (Å²) in [4.78, 5) is 35.7. The highest BCUT2D eigenvalue weighted by atomic mass is 16.5. The van der Waals surface area contributed by atoms with Crippen LogP contribution in [-0.2, 0) is 18.4 Å². The fourth-order valence-electron chi connectivity index (χ4n) is 2.00. The molecule has 1 heterocycles. The minimum atomic E-state index is -0.672. The molecule has 1 aromatic heterocycles. The number of ether oxygens (including phenoxy) is 1. The van der Waals surface area contributed by atoms with E-state index < -0.39 is 17.4 Å². The van der Waals surface area contributed by atoms with Crippen LogP contribution in [0.4, 0.5) is 0 Å². The molecule has 0 saturated carbocycles. The Morgan fingerprint density at radius 3 is 2.70 bits per heavy atom. The third kappa shape index (κ3) is 3.76. The summed E-state index contributed by atoms with van der Waals surface area (Å²) in [5, 5.41) is 11.7. The molecule has 0 bridgehead atoms. The zero-order valence-electron chi connectivity index (χ0n) is 12.7. The van der Waals surface area contributed by atoms with Gasteiger partial charge in [-0.25, -0.2) is 4.79 Å². The third-order valence-corrected chi connectivity index (χ3v) is 3.17. The second kappa shape index (κ2) is 6.78. The first-order chi connectivity index (χ1) is 10.9. The quantitative estimate of drug-likeness (QED) is 0.813. The number of aryl methyl sites for hydroxylation is 1. The highest BCUT2D eigenvalue weighted by Crippen LogP contribution is 2.13. The Morgan fingerprint density at radius 2 is 2.04 bits per heavy atom. The van der Waals surface area contributed by atoms with Crippen molar-refractivity contribution in [3.63, 3.8) is 0 Å². The number of nitrogens with one attached hydrogen (secondary N) is 1. The van der Waals surface area contributed by atoms with Crippen LogP contribution in [0.15, 0.2) is 41.3 Å². The molecule has 1 aromatic carbocycles. The van der Waals surface area contributed by atoms with Crippen LogP contribution in [0, 0.1) is 0 Å². The van der Waals surface area contributed by atoms with Crippen molar-refractivity contribution in [3.8, 4) is 5.75 Å². The van der Waals surface area contributed by atoms with Gasteiger partial charge in [0.25, 0.3) is 11.5 Å². The predicted octanol–water partition coefficient (Wildman–Crippen LogP) is 0.807. The fraction of sp³-hybridized carbons (Fsp3) is 0.188. The van der Waals surface area contributed by atoms with Crippen LogP contribution in [0.25, 0.3) is 0 Å². The molecule has 0 radical (unpaired) electrons. The van der Waals surface area contributed by atoms with Gasteiger partial charge in [-0.1, -0.05) is 12.1 Å². The van der Waals surface area contributed by atoms with Crippen molar-refractivity contribution >= 4 is 11.9 Å². The lowest BCUT2D eigenvalue weighted by molar-refractivity contribution is 0.0471. The van der Waals surface area contributed by atoms with Gasteiger partial charge in [0.15, 0.2) is 0 Å². The number of benzene rings is 1. The summed E-state index contributed by atoms with van der Waals surface area (Å²) in [6.45, 7) is -0.0363. The number of hydrogen-bond acceptors (Lipinski definition) is 5. The lowest BCUT2D eigenvalue weighted by atomic mass is 10.2. The normalized spacial score (nSPS) is 10.2. The minimum absolute atomic E-state index is 0.0363. The fourth-order valence-corrected chi connectivity index (χ4v) is 2.00. The van der Waals surface area contributed by atoms with Crippen molar-refractivity contribution in [2.45, 2.75) is 6.61 Å². The number of hydrogen-bond donors (Lipinski definition) is 2. The smallest absolute Gasteiger partial charge is 0.339 e. The number of pyridine rings is 1. The van der Waals surface area contributed by atoms with E-state index in [1.165, 1.54) is 38.5 Å². The SMILES string of the molecule is CNC(=O)c1cc(C(=O)OCc2cccc(O)c2)cn(C)c1=O. The van der Waals surface area contributed by atoms with Gasteiger partial charge in [-0.15, -0.1) is 0 Å². The maximum absolute atomic E-state index is 12.1. The molecule has 7 nitrogen and oxygen atoms in total. The molecule has 0 aliphatic heterocycles. The van der Waals surface area contributed by atoms with Crippen LogP contribution < -0.4 is 10.9 Å². The van der Waals surface area contributed by atoms with E-state index in [-0.39, 0.29) is 23.5 Å². The second-order valence-corrected chi connectivity index (χ2v) is 4.88. The molecule has 0 aliphatic rings. The standard InChI is InChI=1S/C16H16N2O5/c1-17-14(20)13-7-11(8-18(2)15(13)21)16(22)23-9-10-4-3-5-12(19)6-10/h3-8,19H,9H2,1-2H3,(H,17,20). The molecule has 7 heteroatoms. The minimum Gasteiger partial charge on any atom is -0.508 e. The summed E-state index contributed by atoms with van der Waals surface area (Å²) in [7, 11) is 2.84. The van der Waals surface area contributed by atoms with Crippen molar-refractivity contribution < 1.29 is 19.4 Å². The number of rotatable bonds is 4. The average molecular weight is 316 g/mol. The average Bonchev–Trinajstić information content (AvgIpc) is 2.54. The zero-order valence-corrected chi connectivity index (χ0v) is 12.7. The van der Waals surface area contributed by atoms with Gasteiger partial charge in [0.1, 0.15) is 17.9 Å². The summed E-state index contributed by atoms with van der Waals surface area (Å²) in [6.07, 6.45) is 1.31. The monoisotopic (exact) mass is 316 g/mol. The van der Waals surface area contributed by atoms with E-state index in [2.05, 4.69) is 5.32 Å². The topological polar surface area (TPSA) is 97.6 Å². The van der Waals surface area contributed by atoms with Gasteiger partial charge >= 0.3 is 5.97 Å². The zero-order chi connectivity index (χ0) is 17.0. The summed E-state index contributed by atoms with van der Waals surface area (Å²) < 4.78 is 6.28. The van der Waals surface area contributed by atoms with Crippen molar-refractivity contribution in [1.29, 1.82) is 0 Å². The molecule has 2 N–H and O–H groups in total. The number of carbonyl (C=O) groups is 2. The molecular weight excluding hydrogens is 300 g/mol. The number of carbonyl (C=O) groups excluding carboxylic acids is 2. The van der Waals surface area contributed by atoms with Crippen LogP contribution in [-0.4, -0.2) is 28.6 Å². The van der Waals surface area contributed by atoms with Crippen LogP contribution in [0.3, 0.4) is 0 Å². The molecule has 0 fully saturated rings. The number of amides is 1. The van der Waals surface area contributed by atoms with E-state index in [0.717, 1.165) is 4.57 Å². The Bertz CT molecular complexity index is 810. The van der Waals surface area contributed by atoms with Gasteiger partial charge in [0.2, 0.25) is 0 Å². The Hall–Kier alpha value is -3.09. The van der Waals surface area contributed by atoms with Gasteiger partial charge in [-0.05, 0) is 23.8 Å². The van der Waals surface area contributed by atoms with Gasteiger partial charge in [0, 0.05) is 20.3 Å².